The molecule has 2 N–H and O–H groups in total. The third-order valence-corrected chi connectivity index (χ3v) is 5.70. The van der Waals surface area contributed by atoms with Crippen LogP contribution in [0.4, 0.5) is 10.2 Å². The summed E-state index contributed by atoms with van der Waals surface area (Å²) < 4.78 is 14.9. The highest BCUT2D eigenvalue weighted by Crippen LogP contribution is 2.40. The van der Waals surface area contributed by atoms with Crippen LogP contribution in [0.3, 0.4) is 0 Å². The van der Waals surface area contributed by atoms with Gasteiger partial charge in [-0.15, -0.1) is 5.10 Å². The Morgan fingerprint density at radius 2 is 2.03 bits per heavy atom. The number of hydrogen-bond donors (Lipinski definition) is 2. The molecular formula is C21H22FN7O2. The summed E-state index contributed by atoms with van der Waals surface area (Å²) in [5.41, 5.74) is 1.87. The normalized spacial score (nSPS) is 18.6. The molecule has 1 atom stereocenters. The highest BCUT2D eigenvalue weighted by Gasteiger charge is 2.34. The van der Waals surface area contributed by atoms with Gasteiger partial charge in [0, 0.05) is 32.0 Å². The number of nitrogens with zero attached hydrogens (tertiary/aromatic N) is 5. The van der Waals surface area contributed by atoms with Gasteiger partial charge in [-0.05, 0) is 37.0 Å². The summed E-state index contributed by atoms with van der Waals surface area (Å²) in [7, 11) is 1.70. The maximum absolute atomic E-state index is 13.0. The van der Waals surface area contributed by atoms with Crippen LogP contribution in [0.1, 0.15) is 52.9 Å². The Kier molecular flexibility index (Phi) is 4.76. The van der Waals surface area contributed by atoms with Gasteiger partial charge in [-0.3, -0.25) is 19.6 Å². The fraction of sp³-hybridized carbons (Fsp3) is 0.381. The number of hydrogen-bond acceptors (Lipinski definition) is 5. The molecule has 1 aliphatic carbocycles. The molecule has 1 unspecified atom stereocenters. The van der Waals surface area contributed by atoms with E-state index in [0.717, 1.165) is 29.9 Å². The second-order valence-electron chi connectivity index (χ2n) is 8.05. The number of carbonyl (C=O) groups excluding carboxylic acids is 2. The first-order valence-electron chi connectivity index (χ1n) is 10.3. The molecule has 1 saturated carbocycles. The smallest absolute Gasteiger partial charge is 0.291 e. The maximum atomic E-state index is 13.0. The van der Waals surface area contributed by atoms with Crippen molar-refractivity contribution < 1.29 is 14.0 Å². The molecule has 0 spiro atoms. The van der Waals surface area contributed by atoms with Gasteiger partial charge >= 0.3 is 0 Å². The zero-order valence-electron chi connectivity index (χ0n) is 17.0. The molecule has 9 nitrogen and oxygen atoms in total. The molecule has 5 rings (SSSR count). The van der Waals surface area contributed by atoms with E-state index in [0.29, 0.717) is 31.1 Å². The number of halogens is 1. The van der Waals surface area contributed by atoms with Gasteiger partial charge in [0.05, 0.1) is 5.69 Å². The van der Waals surface area contributed by atoms with Crippen LogP contribution in [0.5, 0.6) is 0 Å². The van der Waals surface area contributed by atoms with E-state index >= 15 is 0 Å². The van der Waals surface area contributed by atoms with Crippen LogP contribution in [0.25, 0.3) is 0 Å². The van der Waals surface area contributed by atoms with E-state index in [9.17, 15) is 14.0 Å². The average molecular weight is 423 g/mol. The first-order valence-corrected chi connectivity index (χ1v) is 10.3. The molecule has 0 saturated heterocycles. The number of H-pyrrole nitrogens is 1. The summed E-state index contributed by atoms with van der Waals surface area (Å²) in [6.07, 6.45) is 3.11. The summed E-state index contributed by atoms with van der Waals surface area (Å²) in [6.45, 7) is 0.535. The molecule has 2 amide bonds. The fourth-order valence-electron chi connectivity index (χ4n) is 3.79. The standard InChI is InChI=1S/C21H22FN7O2/c1-28-18-11-16(13-4-5-13)27-29(18)9-8-15(21(28)31)23-20(30)19-24-17(25-26-19)10-12-2-6-14(22)7-3-12/h2-3,6-7,11,13,15H,4-5,8-10H2,1H3,(H,23,30)(H,24,25,26). The third-order valence-electron chi connectivity index (χ3n) is 5.70. The van der Waals surface area contributed by atoms with Crippen molar-refractivity contribution in [2.24, 2.45) is 0 Å². The van der Waals surface area contributed by atoms with E-state index in [2.05, 4.69) is 25.6 Å². The van der Waals surface area contributed by atoms with E-state index in [1.807, 2.05) is 10.7 Å². The van der Waals surface area contributed by atoms with Crippen LogP contribution in [-0.4, -0.2) is 49.9 Å². The van der Waals surface area contributed by atoms with Gasteiger partial charge in [0.15, 0.2) is 0 Å². The van der Waals surface area contributed by atoms with Crippen molar-refractivity contribution in [2.75, 3.05) is 11.9 Å². The second-order valence-corrected chi connectivity index (χ2v) is 8.05. The molecule has 3 aromatic rings. The second kappa shape index (κ2) is 7.60. The SMILES string of the molecule is CN1C(=O)C(NC(=O)c2n[nH]c(Cc3ccc(F)cc3)n2)CCn2nc(C3CC3)cc21. The lowest BCUT2D eigenvalue weighted by Gasteiger charge is -2.19. The van der Waals surface area contributed by atoms with Gasteiger partial charge in [0.1, 0.15) is 23.5 Å². The first-order chi connectivity index (χ1) is 15.0. The van der Waals surface area contributed by atoms with Crippen molar-refractivity contribution in [3.05, 3.63) is 59.1 Å². The predicted octanol–water partition coefficient (Wildman–Crippen LogP) is 1.77. The van der Waals surface area contributed by atoms with Crippen molar-refractivity contribution >= 4 is 17.6 Å². The topological polar surface area (TPSA) is 109 Å². The van der Waals surface area contributed by atoms with Crippen molar-refractivity contribution in [3.63, 3.8) is 0 Å². The molecule has 0 radical (unpaired) electrons. The lowest BCUT2D eigenvalue weighted by atomic mass is 10.1. The van der Waals surface area contributed by atoms with Crippen molar-refractivity contribution in [1.29, 1.82) is 0 Å². The van der Waals surface area contributed by atoms with Crippen LogP contribution >= 0.6 is 0 Å². The molecule has 10 heteroatoms. The van der Waals surface area contributed by atoms with Crippen LogP contribution in [0.2, 0.25) is 0 Å². The molecular weight excluding hydrogens is 401 g/mol. The molecule has 160 valence electrons. The number of benzene rings is 1. The number of anilines is 1. The lowest BCUT2D eigenvalue weighted by Crippen LogP contribution is -2.47. The lowest BCUT2D eigenvalue weighted by molar-refractivity contribution is -0.120. The minimum Gasteiger partial charge on any atom is -0.337 e. The number of rotatable bonds is 5. The first kappa shape index (κ1) is 19.4. The summed E-state index contributed by atoms with van der Waals surface area (Å²) in [6, 6.07) is 7.31. The Morgan fingerprint density at radius 1 is 1.26 bits per heavy atom. The van der Waals surface area contributed by atoms with Gasteiger partial charge in [-0.2, -0.15) is 5.10 Å². The Morgan fingerprint density at radius 3 is 2.77 bits per heavy atom. The number of fused-ring (bicyclic) bond motifs is 1. The summed E-state index contributed by atoms with van der Waals surface area (Å²) in [5, 5.41) is 14.1. The number of likely N-dealkylation sites (N-methyl/N-ethyl adjacent to an activating group) is 1. The predicted molar refractivity (Wildman–Crippen MR) is 109 cm³/mol. The highest BCUT2D eigenvalue weighted by atomic mass is 19.1. The largest absolute Gasteiger partial charge is 0.337 e. The van der Waals surface area contributed by atoms with Crippen LogP contribution < -0.4 is 10.2 Å². The number of carbonyl (C=O) groups is 2. The maximum Gasteiger partial charge on any atom is 0.291 e. The minimum absolute atomic E-state index is 0.0365. The van der Waals surface area contributed by atoms with Crippen LogP contribution in [0, 0.1) is 5.82 Å². The van der Waals surface area contributed by atoms with Gasteiger partial charge in [0.25, 0.3) is 11.8 Å². The Balaban J connectivity index is 1.25. The number of amides is 2. The Labute approximate surface area is 177 Å². The molecule has 0 bridgehead atoms. The van der Waals surface area contributed by atoms with Gasteiger partial charge in [-0.25, -0.2) is 14.1 Å². The highest BCUT2D eigenvalue weighted by molar-refractivity contribution is 6.00. The van der Waals surface area contributed by atoms with Crippen molar-refractivity contribution in [3.8, 4) is 0 Å². The number of aryl methyl sites for hydroxylation is 1. The van der Waals surface area contributed by atoms with Crippen molar-refractivity contribution in [2.45, 2.75) is 44.2 Å². The van der Waals surface area contributed by atoms with E-state index in [-0.39, 0.29) is 17.5 Å². The Hall–Kier alpha value is -3.56. The zero-order valence-corrected chi connectivity index (χ0v) is 17.0. The fourth-order valence-corrected chi connectivity index (χ4v) is 3.79. The zero-order chi connectivity index (χ0) is 21.5. The number of aromatic nitrogens is 5. The molecule has 31 heavy (non-hydrogen) atoms. The molecule has 1 aliphatic heterocycles. The average Bonchev–Trinajstić information content (AvgIpc) is 3.38. The van der Waals surface area contributed by atoms with E-state index in [1.54, 1.807) is 24.1 Å². The molecule has 2 aromatic heterocycles. The Bertz CT molecular complexity index is 1130. The summed E-state index contributed by atoms with van der Waals surface area (Å²) in [4.78, 5) is 31.3. The van der Waals surface area contributed by atoms with E-state index < -0.39 is 11.9 Å². The van der Waals surface area contributed by atoms with Gasteiger partial charge < -0.3 is 5.32 Å². The van der Waals surface area contributed by atoms with Gasteiger partial charge in [0.2, 0.25) is 5.82 Å². The quantitative estimate of drug-likeness (QED) is 0.650. The van der Waals surface area contributed by atoms with Gasteiger partial charge in [-0.1, -0.05) is 12.1 Å². The monoisotopic (exact) mass is 423 g/mol. The minimum atomic E-state index is -0.692. The van der Waals surface area contributed by atoms with E-state index in [1.165, 1.54) is 12.1 Å². The number of nitrogens with one attached hydrogen (secondary N) is 2. The van der Waals surface area contributed by atoms with Crippen molar-refractivity contribution in [1.82, 2.24) is 30.3 Å². The number of aromatic amines is 1. The molecule has 3 heterocycles. The van der Waals surface area contributed by atoms with Crippen LogP contribution in [0.15, 0.2) is 30.3 Å². The summed E-state index contributed by atoms with van der Waals surface area (Å²) >= 11 is 0. The molecule has 1 aromatic carbocycles. The van der Waals surface area contributed by atoms with E-state index in [4.69, 9.17) is 0 Å². The summed E-state index contributed by atoms with van der Waals surface area (Å²) in [5.74, 6) is 0.670. The molecule has 2 aliphatic rings. The van der Waals surface area contributed by atoms with Crippen LogP contribution in [-0.2, 0) is 17.8 Å². The molecule has 1 fully saturated rings. The third kappa shape index (κ3) is 3.92.